The number of carboxylic acid groups (broad SMARTS) is 1. The molecule has 0 aliphatic rings. The van der Waals surface area contributed by atoms with Crippen molar-refractivity contribution in [3.63, 3.8) is 0 Å². The Morgan fingerprint density at radius 2 is 2.15 bits per heavy atom. The Labute approximate surface area is 76.8 Å². The predicted octanol–water partition coefficient (Wildman–Crippen LogP) is 0.682. The standard InChI is InChI=1S/C8H14N2O3/c1-3-6(2)10-8(13)9-5-4-7(11)12/h4-6H,3H2,1-2H3,(H,11,12)(H2,9,10,13)/b5-4+/t6-/m0/s1. The molecule has 5 heteroatoms. The van der Waals surface area contributed by atoms with E-state index in [9.17, 15) is 9.59 Å². The average Bonchev–Trinajstić information content (AvgIpc) is 2.03. The number of carbonyl (C=O) groups is 2. The zero-order valence-corrected chi connectivity index (χ0v) is 7.70. The fourth-order valence-corrected chi connectivity index (χ4v) is 0.556. The van der Waals surface area contributed by atoms with Crippen molar-refractivity contribution >= 4 is 12.0 Å². The number of urea groups is 1. The molecule has 0 fully saturated rings. The third-order valence-electron chi connectivity index (χ3n) is 1.43. The molecule has 2 amide bonds. The lowest BCUT2D eigenvalue weighted by atomic mass is 10.3. The first-order valence-corrected chi connectivity index (χ1v) is 4.02. The minimum atomic E-state index is -1.09. The molecule has 0 spiro atoms. The number of hydrogen-bond donors (Lipinski definition) is 3. The van der Waals surface area contributed by atoms with Gasteiger partial charge in [-0.25, -0.2) is 9.59 Å². The van der Waals surface area contributed by atoms with Gasteiger partial charge < -0.3 is 15.7 Å². The van der Waals surface area contributed by atoms with Crippen LogP contribution in [0.25, 0.3) is 0 Å². The van der Waals surface area contributed by atoms with Crippen molar-refractivity contribution in [1.82, 2.24) is 10.6 Å². The molecule has 13 heavy (non-hydrogen) atoms. The van der Waals surface area contributed by atoms with Crippen LogP contribution in [0.2, 0.25) is 0 Å². The highest BCUT2D eigenvalue weighted by molar-refractivity contribution is 5.81. The summed E-state index contributed by atoms with van der Waals surface area (Å²) in [5.41, 5.74) is 0. The molecule has 0 radical (unpaired) electrons. The molecule has 0 aromatic heterocycles. The summed E-state index contributed by atoms with van der Waals surface area (Å²) in [6, 6.07) is -0.315. The molecule has 0 unspecified atom stereocenters. The maximum atomic E-state index is 10.9. The minimum Gasteiger partial charge on any atom is -0.478 e. The van der Waals surface area contributed by atoms with E-state index in [2.05, 4.69) is 10.6 Å². The van der Waals surface area contributed by atoms with Gasteiger partial charge >= 0.3 is 12.0 Å². The van der Waals surface area contributed by atoms with E-state index in [1.54, 1.807) is 0 Å². The lowest BCUT2D eigenvalue weighted by Gasteiger charge is -2.09. The van der Waals surface area contributed by atoms with Gasteiger partial charge in [-0.05, 0) is 13.3 Å². The summed E-state index contributed by atoms with van der Waals surface area (Å²) in [4.78, 5) is 20.9. The minimum absolute atomic E-state index is 0.0817. The molecule has 0 aliphatic carbocycles. The van der Waals surface area contributed by atoms with Gasteiger partial charge in [0.25, 0.3) is 0 Å². The molecule has 0 aromatic carbocycles. The van der Waals surface area contributed by atoms with Gasteiger partial charge in [-0.3, -0.25) is 0 Å². The smallest absolute Gasteiger partial charge is 0.329 e. The van der Waals surface area contributed by atoms with Gasteiger partial charge in [0.05, 0.1) is 0 Å². The fourth-order valence-electron chi connectivity index (χ4n) is 0.556. The molecular weight excluding hydrogens is 172 g/mol. The van der Waals surface area contributed by atoms with Crippen LogP contribution in [0, 0.1) is 0 Å². The lowest BCUT2D eigenvalue weighted by Crippen LogP contribution is -2.38. The van der Waals surface area contributed by atoms with Crippen LogP contribution in [-0.4, -0.2) is 23.1 Å². The molecular formula is C8H14N2O3. The average molecular weight is 186 g/mol. The van der Waals surface area contributed by atoms with Crippen LogP contribution in [-0.2, 0) is 4.79 Å². The molecule has 0 bridgehead atoms. The van der Waals surface area contributed by atoms with Gasteiger partial charge in [-0.2, -0.15) is 0 Å². The number of rotatable bonds is 4. The predicted molar refractivity (Wildman–Crippen MR) is 48.2 cm³/mol. The van der Waals surface area contributed by atoms with Crippen LogP contribution in [0.1, 0.15) is 20.3 Å². The summed E-state index contributed by atoms with van der Waals surface area (Å²) in [7, 11) is 0. The molecule has 0 saturated heterocycles. The summed E-state index contributed by atoms with van der Waals surface area (Å²) in [5.74, 6) is -1.09. The second kappa shape index (κ2) is 6.05. The summed E-state index contributed by atoms with van der Waals surface area (Å²) >= 11 is 0. The van der Waals surface area contributed by atoms with Crippen molar-refractivity contribution in [2.45, 2.75) is 26.3 Å². The van der Waals surface area contributed by atoms with E-state index in [4.69, 9.17) is 5.11 Å². The van der Waals surface area contributed by atoms with Gasteiger partial charge in [0.15, 0.2) is 0 Å². The Morgan fingerprint density at radius 1 is 1.54 bits per heavy atom. The quantitative estimate of drug-likeness (QED) is 0.565. The molecule has 0 aliphatic heterocycles. The van der Waals surface area contributed by atoms with Crippen molar-refractivity contribution in [1.29, 1.82) is 0 Å². The van der Waals surface area contributed by atoms with Crippen LogP contribution in [0.3, 0.4) is 0 Å². The van der Waals surface area contributed by atoms with Gasteiger partial charge in [-0.15, -0.1) is 0 Å². The van der Waals surface area contributed by atoms with Crippen LogP contribution in [0.15, 0.2) is 12.3 Å². The molecule has 1 atom stereocenters. The maximum absolute atomic E-state index is 10.9. The summed E-state index contributed by atoms with van der Waals surface area (Å²) in [5, 5.41) is 13.1. The van der Waals surface area contributed by atoms with E-state index in [1.807, 2.05) is 13.8 Å². The van der Waals surface area contributed by atoms with E-state index in [1.165, 1.54) is 0 Å². The first-order valence-electron chi connectivity index (χ1n) is 4.02. The second-order valence-corrected chi connectivity index (χ2v) is 2.60. The maximum Gasteiger partial charge on any atom is 0.329 e. The monoisotopic (exact) mass is 186 g/mol. The first kappa shape index (κ1) is 11.5. The lowest BCUT2D eigenvalue weighted by molar-refractivity contribution is -0.131. The Bertz CT molecular complexity index is 213. The molecule has 5 nitrogen and oxygen atoms in total. The highest BCUT2D eigenvalue weighted by atomic mass is 16.4. The number of nitrogens with one attached hydrogen (secondary N) is 2. The van der Waals surface area contributed by atoms with E-state index in [-0.39, 0.29) is 6.04 Å². The van der Waals surface area contributed by atoms with Crippen LogP contribution < -0.4 is 10.6 Å². The SMILES string of the molecule is CC[C@H](C)NC(=O)N/C=C/C(=O)O. The summed E-state index contributed by atoms with van der Waals surface area (Å²) in [6.07, 6.45) is 2.77. The normalized spacial score (nSPS) is 12.5. The number of amides is 2. The van der Waals surface area contributed by atoms with Crippen molar-refractivity contribution in [3.05, 3.63) is 12.3 Å². The topological polar surface area (TPSA) is 78.4 Å². The molecule has 0 heterocycles. The third kappa shape index (κ3) is 6.86. The summed E-state index contributed by atoms with van der Waals surface area (Å²) in [6.45, 7) is 3.80. The van der Waals surface area contributed by atoms with Crippen LogP contribution in [0.4, 0.5) is 4.79 Å². The van der Waals surface area contributed by atoms with Gasteiger partial charge in [0, 0.05) is 18.3 Å². The van der Waals surface area contributed by atoms with Crippen molar-refractivity contribution in [2.24, 2.45) is 0 Å². The van der Waals surface area contributed by atoms with E-state index in [0.29, 0.717) is 0 Å². The van der Waals surface area contributed by atoms with Gasteiger partial charge in [0.2, 0.25) is 0 Å². The molecule has 0 rings (SSSR count). The number of aliphatic carboxylic acids is 1. The van der Waals surface area contributed by atoms with Crippen molar-refractivity contribution in [2.75, 3.05) is 0 Å². The molecule has 0 aromatic rings. The van der Waals surface area contributed by atoms with Crippen molar-refractivity contribution in [3.8, 4) is 0 Å². The number of hydrogen-bond acceptors (Lipinski definition) is 2. The van der Waals surface area contributed by atoms with Crippen LogP contribution in [0.5, 0.6) is 0 Å². The fraction of sp³-hybridized carbons (Fsp3) is 0.500. The molecule has 3 N–H and O–H groups in total. The van der Waals surface area contributed by atoms with E-state index >= 15 is 0 Å². The van der Waals surface area contributed by atoms with E-state index < -0.39 is 12.0 Å². The Balaban J connectivity index is 3.69. The summed E-state index contributed by atoms with van der Waals surface area (Å²) < 4.78 is 0. The molecule has 0 saturated carbocycles. The number of carbonyl (C=O) groups excluding carboxylic acids is 1. The van der Waals surface area contributed by atoms with E-state index in [0.717, 1.165) is 18.7 Å². The highest BCUT2D eigenvalue weighted by Crippen LogP contribution is 1.86. The second-order valence-electron chi connectivity index (χ2n) is 2.60. The third-order valence-corrected chi connectivity index (χ3v) is 1.43. The van der Waals surface area contributed by atoms with Crippen LogP contribution >= 0.6 is 0 Å². The van der Waals surface area contributed by atoms with Crippen molar-refractivity contribution < 1.29 is 14.7 Å². The van der Waals surface area contributed by atoms with Gasteiger partial charge in [0.1, 0.15) is 0 Å². The zero-order chi connectivity index (χ0) is 10.3. The largest absolute Gasteiger partial charge is 0.478 e. The highest BCUT2D eigenvalue weighted by Gasteiger charge is 2.01. The zero-order valence-electron chi connectivity index (χ0n) is 7.70. The number of carboxylic acids is 1. The Kier molecular flexibility index (Phi) is 5.34. The first-order chi connectivity index (χ1) is 6.06. The Hall–Kier alpha value is -1.52. The van der Waals surface area contributed by atoms with Gasteiger partial charge in [-0.1, -0.05) is 6.92 Å². The Morgan fingerprint density at radius 3 is 2.62 bits per heavy atom. The molecule has 74 valence electrons.